The molecule has 0 bridgehead atoms. The summed E-state index contributed by atoms with van der Waals surface area (Å²) in [4.78, 5) is 13.2. The van der Waals surface area contributed by atoms with Crippen LogP contribution in [0.3, 0.4) is 0 Å². The molecule has 0 aliphatic rings. The SMILES string of the molecule is CCOCC(C)Sc1ccccc1N(C)C(=O)O. The van der Waals surface area contributed by atoms with Crippen LogP contribution in [0, 0.1) is 0 Å². The number of anilines is 1. The Kier molecular flexibility index (Phi) is 6.01. The van der Waals surface area contributed by atoms with E-state index in [1.165, 1.54) is 4.90 Å². The Morgan fingerprint density at radius 2 is 2.17 bits per heavy atom. The van der Waals surface area contributed by atoms with Crippen molar-refractivity contribution in [1.82, 2.24) is 0 Å². The first-order chi connectivity index (χ1) is 8.56. The standard InChI is InChI=1S/C13H19NO3S/c1-4-17-9-10(2)18-12-8-6-5-7-11(12)14(3)13(15)16/h5-8,10H,4,9H2,1-3H3,(H,15,16). The number of hydrogen-bond donors (Lipinski definition) is 1. The highest BCUT2D eigenvalue weighted by molar-refractivity contribution is 8.00. The normalized spacial score (nSPS) is 12.2. The third-order valence-corrected chi connectivity index (χ3v) is 3.54. The number of carbonyl (C=O) groups is 1. The molecule has 0 aliphatic heterocycles. The van der Waals surface area contributed by atoms with Gasteiger partial charge < -0.3 is 9.84 Å². The molecule has 1 unspecified atom stereocenters. The molecule has 100 valence electrons. The summed E-state index contributed by atoms with van der Waals surface area (Å²) < 4.78 is 5.36. The van der Waals surface area contributed by atoms with Crippen molar-refractivity contribution in [3.8, 4) is 0 Å². The fraction of sp³-hybridized carbons (Fsp3) is 0.462. The van der Waals surface area contributed by atoms with Gasteiger partial charge in [0.05, 0.1) is 12.3 Å². The number of ether oxygens (including phenoxy) is 1. The third kappa shape index (κ3) is 4.23. The fourth-order valence-electron chi connectivity index (χ4n) is 1.47. The average molecular weight is 269 g/mol. The van der Waals surface area contributed by atoms with E-state index in [0.29, 0.717) is 18.9 Å². The van der Waals surface area contributed by atoms with E-state index >= 15 is 0 Å². The minimum absolute atomic E-state index is 0.285. The number of carboxylic acid groups (broad SMARTS) is 1. The predicted octanol–water partition coefficient (Wildman–Crippen LogP) is 3.32. The maximum absolute atomic E-state index is 11.0. The van der Waals surface area contributed by atoms with Gasteiger partial charge in [-0.05, 0) is 19.1 Å². The second kappa shape index (κ2) is 7.28. The summed E-state index contributed by atoms with van der Waals surface area (Å²) in [5.41, 5.74) is 0.707. The Hall–Kier alpha value is -1.20. The molecular weight excluding hydrogens is 250 g/mol. The molecule has 1 atom stereocenters. The molecule has 0 heterocycles. The van der Waals surface area contributed by atoms with Gasteiger partial charge in [-0.2, -0.15) is 0 Å². The molecule has 4 nitrogen and oxygen atoms in total. The second-order valence-electron chi connectivity index (χ2n) is 3.90. The molecule has 1 rings (SSSR count). The Morgan fingerprint density at radius 1 is 1.50 bits per heavy atom. The van der Waals surface area contributed by atoms with Gasteiger partial charge in [0.25, 0.3) is 0 Å². The highest BCUT2D eigenvalue weighted by Gasteiger charge is 2.14. The molecule has 1 amide bonds. The molecule has 1 aromatic carbocycles. The van der Waals surface area contributed by atoms with Crippen LogP contribution in [0.4, 0.5) is 10.5 Å². The molecule has 0 spiro atoms. The fourth-order valence-corrected chi connectivity index (χ4v) is 2.55. The van der Waals surface area contributed by atoms with Gasteiger partial charge >= 0.3 is 6.09 Å². The van der Waals surface area contributed by atoms with E-state index in [4.69, 9.17) is 9.84 Å². The van der Waals surface area contributed by atoms with Gasteiger partial charge in [-0.1, -0.05) is 19.1 Å². The van der Waals surface area contributed by atoms with Gasteiger partial charge in [-0.15, -0.1) is 11.8 Å². The Balaban J connectivity index is 2.79. The van der Waals surface area contributed by atoms with Gasteiger partial charge in [0.2, 0.25) is 0 Å². The Morgan fingerprint density at radius 3 is 2.78 bits per heavy atom. The zero-order chi connectivity index (χ0) is 13.5. The number of amides is 1. The monoisotopic (exact) mass is 269 g/mol. The summed E-state index contributed by atoms with van der Waals surface area (Å²) in [6, 6.07) is 7.49. The van der Waals surface area contributed by atoms with Gasteiger partial charge in [-0.3, -0.25) is 4.90 Å². The number of thioether (sulfide) groups is 1. The van der Waals surface area contributed by atoms with Crippen LogP contribution in [-0.4, -0.2) is 36.7 Å². The minimum atomic E-state index is -0.958. The van der Waals surface area contributed by atoms with E-state index in [1.54, 1.807) is 18.8 Å². The lowest BCUT2D eigenvalue weighted by molar-refractivity contribution is 0.151. The number of hydrogen-bond acceptors (Lipinski definition) is 3. The first-order valence-corrected chi connectivity index (χ1v) is 6.74. The maximum Gasteiger partial charge on any atom is 0.411 e. The van der Waals surface area contributed by atoms with Gasteiger partial charge in [0.1, 0.15) is 0 Å². The predicted molar refractivity (Wildman–Crippen MR) is 74.7 cm³/mol. The lowest BCUT2D eigenvalue weighted by Crippen LogP contribution is -2.24. The van der Waals surface area contributed by atoms with Crippen LogP contribution >= 0.6 is 11.8 Å². The maximum atomic E-state index is 11.0. The lowest BCUT2D eigenvalue weighted by atomic mass is 10.3. The average Bonchev–Trinajstić information content (AvgIpc) is 2.36. The highest BCUT2D eigenvalue weighted by Crippen LogP contribution is 2.32. The number of rotatable bonds is 6. The topological polar surface area (TPSA) is 49.8 Å². The van der Waals surface area contributed by atoms with Crippen molar-refractivity contribution in [2.24, 2.45) is 0 Å². The van der Waals surface area contributed by atoms with Crippen molar-refractivity contribution in [1.29, 1.82) is 0 Å². The van der Waals surface area contributed by atoms with Crippen LogP contribution in [0.1, 0.15) is 13.8 Å². The van der Waals surface area contributed by atoms with E-state index in [9.17, 15) is 4.79 Å². The van der Waals surface area contributed by atoms with E-state index < -0.39 is 6.09 Å². The van der Waals surface area contributed by atoms with E-state index in [0.717, 1.165) is 4.90 Å². The molecule has 0 fully saturated rings. The molecule has 0 aromatic heterocycles. The van der Waals surface area contributed by atoms with Crippen LogP contribution in [0.2, 0.25) is 0 Å². The van der Waals surface area contributed by atoms with Crippen molar-refractivity contribution < 1.29 is 14.6 Å². The molecule has 18 heavy (non-hydrogen) atoms. The molecule has 0 radical (unpaired) electrons. The van der Waals surface area contributed by atoms with Crippen LogP contribution in [0.15, 0.2) is 29.2 Å². The summed E-state index contributed by atoms with van der Waals surface area (Å²) >= 11 is 1.63. The Labute approximate surface area is 112 Å². The van der Waals surface area contributed by atoms with E-state index in [-0.39, 0.29) is 5.25 Å². The minimum Gasteiger partial charge on any atom is -0.465 e. The Bertz CT molecular complexity index is 398. The molecule has 5 heteroatoms. The summed E-state index contributed by atoms with van der Waals surface area (Å²) in [5, 5.41) is 9.31. The third-order valence-electron chi connectivity index (χ3n) is 2.40. The van der Waals surface area contributed by atoms with Crippen molar-refractivity contribution in [2.75, 3.05) is 25.2 Å². The number of para-hydroxylation sites is 1. The number of benzene rings is 1. The van der Waals surface area contributed by atoms with Crippen LogP contribution < -0.4 is 4.90 Å². The quantitative estimate of drug-likeness (QED) is 0.805. The van der Waals surface area contributed by atoms with Crippen LogP contribution in [-0.2, 0) is 4.74 Å². The van der Waals surface area contributed by atoms with Crippen LogP contribution in [0.5, 0.6) is 0 Å². The second-order valence-corrected chi connectivity index (χ2v) is 5.38. The molecular formula is C13H19NO3S. The van der Waals surface area contributed by atoms with E-state index in [1.807, 2.05) is 31.2 Å². The number of nitrogens with zero attached hydrogens (tertiary/aromatic N) is 1. The highest BCUT2D eigenvalue weighted by atomic mass is 32.2. The smallest absolute Gasteiger partial charge is 0.411 e. The molecule has 0 saturated heterocycles. The van der Waals surface area contributed by atoms with Gasteiger partial charge in [0, 0.05) is 23.8 Å². The van der Waals surface area contributed by atoms with Crippen molar-refractivity contribution in [3.05, 3.63) is 24.3 Å². The van der Waals surface area contributed by atoms with Crippen molar-refractivity contribution in [3.63, 3.8) is 0 Å². The zero-order valence-electron chi connectivity index (χ0n) is 10.9. The summed E-state index contributed by atoms with van der Waals surface area (Å²) in [5.74, 6) is 0. The largest absolute Gasteiger partial charge is 0.465 e. The molecule has 0 aliphatic carbocycles. The van der Waals surface area contributed by atoms with Gasteiger partial charge in [0.15, 0.2) is 0 Å². The van der Waals surface area contributed by atoms with Crippen molar-refractivity contribution in [2.45, 2.75) is 24.0 Å². The zero-order valence-corrected chi connectivity index (χ0v) is 11.7. The first-order valence-electron chi connectivity index (χ1n) is 5.86. The molecule has 1 N–H and O–H groups in total. The van der Waals surface area contributed by atoms with Crippen molar-refractivity contribution >= 4 is 23.5 Å². The summed E-state index contributed by atoms with van der Waals surface area (Å²) in [6.07, 6.45) is -0.958. The summed E-state index contributed by atoms with van der Waals surface area (Å²) in [7, 11) is 1.55. The summed E-state index contributed by atoms with van der Waals surface area (Å²) in [6.45, 7) is 5.38. The van der Waals surface area contributed by atoms with Crippen LogP contribution in [0.25, 0.3) is 0 Å². The van der Waals surface area contributed by atoms with Gasteiger partial charge in [-0.25, -0.2) is 4.79 Å². The first kappa shape index (κ1) is 14.9. The van der Waals surface area contributed by atoms with E-state index in [2.05, 4.69) is 6.92 Å². The lowest BCUT2D eigenvalue weighted by Gasteiger charge is -2.19. The molecule has 1 aromatic rings. The molecule has 0 saturated carbocycles.